The lowest BCUT2D eigenvalue weighted by Crippen LogP contribution is -2.35. The van der Waals surface area contributed by atoms with Crippen molar-refractivity contribution in [3.8, 4) is 6.07 Å². The van der Waals surface area contributed by atoms with Gasteiger partial charge in [-0.2, -0.15) is 9.57 Å². The van der Waals surface area contributed by atoms with Crippen LogP contribution >= 0.6 is 27.5 Å². The molecule has 1 unspecified atom stereocenters. The van der Waals surface area contributed by atoms with E-state index in [0.717, 1.165) is 4.31 Å². The van der Waals surface area contributed by atoms with Gasteiger partial charge in [0.2, 0.25) is 10.0 Å². The van der Waals surface area contributed by atoms with Crippen LogP contribution in [0.3, 0.4) is 0 Å². The Morgan fingerprint density at radius 2 is 2.17 bits per heavy atom. The highest BCUT2D eigenvalue weighted by atomic mass is 79.9. The van der Waals surface area contributed by atoms with E-state index in [1.165, 1.54) is 19.2 Å². The van der Waals surface area contributed by atoms with Gasteiger partial charge in [-0.15, -0.1) is 0 Å². The standard InChI is InChI=1S/C11H12BrClN2O2S/c1-8(5-6-14)15(2)18(16,17)11-4-3-9(12)7-10(11)13/h3-4,7-8H,5H2,1-2H3. The van der Waals surface area contributed by atoms with Gasteiger partial charge >= 0.3 is 0 Å². The first kappa shape index (κ1) is 15.4. The second-order valence-corrected chi connectivity index (χ2v) is 7.10. The van der Waals surface area contributed by atoms with E-state index < -0.39 is 16.1 Å². The van der Waals surface area contributed by atoms with Crippen molar-refractivity contribution in [2.75, 3.05) is 7.05 Å². The maximum atomic E-state index is 12.3. The molecule has 0 N–H and O–H groups in total. The summed E-state index contributed by atoms with van der Waals surface area (Å²) in [6.07, 6.45) is 0.129. The highest BCUT2D eigenvalue weighted by molar-refractivity contribution is 9.10. The number of benzene rings is 1. The molecule has 0 saturated carbocycles. The summed E-state index contributed by atoms with van der Waals surface area (Å²) in [4.78, 5) is 0.0413. The molecule has 0 fully saturated rings. The SMILES string of the molecule is CC(CC#N)N(C)S(=O)(=O)c1ccc(Br)cc1Cl. The van der Waals surface area contributed by atoms with Gasteiger partial charge in [0.05, 0.1) is 17.5 Å². The van der Waals surface area contributed by atoms with E-state index in [9.17, 15) is 8.42 Å². The monoisotopic (exact) mass is 350 g/mol. The normalized spacial score (nSPS) is 13.3. The third-order valence-corrected chi connectivity index (χ3v) is 5.51. The summed E-state index contributed by atoms with van der Waals surface area (Å²) >= 11 is 9.16. The van der Waals surface area contributed by atoms with E-state index in [1.54, 1.807) is 13.0 Å². The topological polar surface area (TPSA) is 61.2 Å². The Hall–Kier alpha value is -0.610. The number of nitrogens with zero attached hydrogens (tertiary/aromatic N) is 2. The fraction of sp³-hybridized carbons (Fsp3) is 0.364. The van der Waals surface area contributed by atoms with E-state index >= 15 is 0 Å². The largest absolute Gasteiger partial charge is 0.244 e. The number of sulfonamides is 1. The summed E-state index contributed by atoms with van der Waals surface area (Å²) in [6.45, 7) is 1.67. The van der Waals surface area contributed by atoms with Crippen LogP contribution in [-0.2, 0) is 10.0 Å². The number of halogens is 2. The van der Waals surface area contributed by atoms with Crippen LogP contribution in [0.5, 0.6) is 0 Å². The maximum Gasteiger partial charge on any atom is 0.244 e. The zero-order valence-electron chi connectivity index (χ0n) is 9.89. The van der Waals surface area contributed by atoms with E-state index in [4.69, 9.17) is 16.9 Å². The molecule has 0 amide bonds. The predicted molar refractivity (Wildman–Crippen MR) is 73.8 cm³/mol. The molecule has 1 aromatic rings. The summed E-state index contributed by atoms with van der Waals surface area (Å²) in [7, 11) is -2.24. The van der Waals surface area contributed by atoms with Gasteiger partial charge in [0.15, 0.2) is 0 Å². The van der Waals surface area contributed by atoms with Gasteiger partial charge < -0.3 is 0 Å². The smallest absolute Gasteiger partial charge is 0.207 e. The predicted octanol–water partition coefficient (Wildman–Crippen LogP) is 3.03. The van der Waals surface area contributed by atoms with E-state index in [2.05, 4.69) is 15.9 Å². The molecule has 0 aromatic heterocycles. The molecule has 0 aliphatic heterocycles. The van der Waals surface area contributed by atoms with Crippen molar-refractivity contribution in [2.45, 2.75) is 24.3 Å². The molecule has 4 nitrogen and oxygen atoms in total. The molecule has 18 heavy (non-hydrogen) atoms. The van der Waals surface area contributed by atoms with Crippen LogP contribution in [0.4, 0.5) is 0 Å². The van der Waals surface area contributed by atoms with Crippen molar-refractivity contribution in [3.63, 3.8) is 0 Å². The molecule has 98 valence electrons. The molecule has 0 aliphatic carbocycles. The second-order valence-electron chi connectivity index (χ2n) is 3.81. The lowest BCUT2D eigenvalue weighted by Gasteiger charge is -2.22. The Morgan fingerprint density at radius 1 is 1.56 bits per heavy atom. The lowest BCUT2D eigenvalue weighted by atomic mass is 10.3. The lowest BCUT2D eigenvalue weighted by molar-refractivity contribution is 0.393. The average molecular weight is 352 g/mol. The molecular weight excluding hydrogens is 340 g/mol. The van der Waals surface area contributed by atoms with Crippen LogP contribution in [0, 0.1) is 11.3 Å². The first-order valence-electron chi connectivity index (χ1n) is 5.10. The van der Waals surface area contributed by atoms with Crippen LogP contribution in [0.15, 0.2) is 27.6 Å². The molecule has 0 heterocycles. The third-order valence-electron chi connectivity index (χ3n) is 2.56. The highest BCUT2D eigenvalue weighted by Crippen LogP contribution is 2.28. The number of hydrogen-bond donors (Lipinski definition) is 0. The number of rotatable bonds is 4. The molecule has 0 radical (unpaired) electrons. The molecule has 1 atom stereocenters. The molecule has 7 heteroatoms. The third kappa shape index (κ3) is 3.23. The van der Waals surface area contributed by atoms with Gasteiger partial charge in [-0.05, 0) is 25.1 Å². The molecule has 1 aromatic carbocycles. The van der Waals surface area contributed by atoms with Crippen LogP contribution in [0.1, 0.15) is 13.3 Å². The molecule has 0 saturated heterocycles. The van der Waals surface area contributed by atoms with Gasteiger partial charge in [-0.3, -0.25) is 0 Å². The summed E-state index contributed by atoms with van der Waals surface area (Å²) in [5.41, 5.74) is 0. The molecule has 0 bridgehead atoms. The van der Waals surface area contributed by atoms with E-state index in [0.29, 0.717) is 4.47 Å². The highest BCUT2D eigenvalue weighted by Gasteiger charge is 2.27. The van der Waals surface area contributed by atoms with Crippen LogP contribution < -0.4 is 0 Å². The van der Waals surface area contributed by atoms with Crippen molar-refractivity contribution < 1.29 is 8.42 Å². The van der Waals surface area contributed by atoms with Gasteiger partial charge in [0, 0.05) is 17.6 Å². The Kier molecular flexibility index (Phi) is 5.17. The minimum Gasteiger partial charge on any atom is -0.207 e. The first-order valence-corrected chi connectivity index (χ1v) is 7.72. The number of hydrogen-bond acceptors (Lipinski definition) is 3. The molecule has 1 rings (SSSR count). The molecule has 0 aliphatic rings. The fourth-order valence-corrected chi connectivity index (χ4v) is 3.71. The van der Waals surface area contributed by atoms with Crippen LogP contribution in [0.25, 0.3) is 0 Å². The Bertz CT molecular complexity index is 583. The summed E-state index contributed by atoms with van der Waals surface area (Å²) in [6, 6.07) is 6.13. The van der Waals surface area contributed by atoms with Crippen molar-refractivity contribution in [1.29, 1.82) is 5.26 Å². The molecule has 0 spiro atoms. The van der Waals surface area contributed by atoms with Gasteiger partial charge in [0.25, 0.3) is 0 Å². The minimum absolute atomic E-state index is 0.0413. The second kappa shape index (κ2) is 6.02. The number of nitriles is 1. The Balaban J connectivity index is 3.18. The summed E-state index contributed by atoms with van der Waals surface area (Å²) in [5.74, 6) is 0. The average Bonchev–Trinajstić information content (AvgIpc) is 2.27. The van der Waals surface area contributed by atoms with Crippen LogP contribution in [-0.4, -0.2) is 25.8 Å². The zero-order valence-corrected chi connectivity index (χ0v) is 13.1. The summed E-state index contributed by atoms with van der Waals surface area (Å²) in [5, 5.41) is 8.76. The summed E-state index contributed by atoms with van der Waals surface area (Å²) < 4.78 is 26.5. The van der Waals surface area contributed by atoms with Crippen molar-refractivity contribution in [2.24, 2.45) is 0 Å². The van der Waals surface area contributed by atoms with Gasteiger partial charge in [-0.1, -0.05) is 27.5 Å². The zero-order chi connectivity index (χ0) is 13.9. The van der Waals surface area contributed by atoms with E-state index in [1.807, 2.05) is 6.07 Å². The fourth-order valence-electron chi connectivity index (χ4n) is 1.34. The maximum absolute atomic E-state index is 12.3. The van der Waals surface area contributed by atoms with Crippen molar-refractivity contribution in [3.05, 3.63) is 27.7 Å². The van der Waals surface area contributed by atoms with Gasteiger partial charge in [0.1, 0.15) is 4.90 Å². The first-order chi connectivity index (χ1) is 8.30. The Morgan fingerprint density at radius 3 is 2.67 bits per heavy atom. The molecular formula is C11H12BrClN2O2S. The van der Waals surface area contributed by atoms with Crippen LogP contribution in [0.2, 0.25) is 5.02 Å². The quantitative estimate of drug-likeness (QED) is 0.837. The van der Waals surface area contributed by atoms with E-state index in [-0.39, 0.29) is 16.3 Å². The minimum atomic E-state index is -3.68. The van der Waals surface area contributed by atoms with Gasteiger partial charge in [-0.25, -0.2) is 8.42 Å². The van der Waals surface area contributed by atoms with Crippen molar-refractivity contribution in [1.82, 2.24) is 4.31 Å². The van der Waals surface area contributed by atoms with Crippen molar-refractivity contribution >= 4 is 37.6 Å². The Labute approximate surface area is 120 Å².